The summed E-state index contributed by atoms with van der Waals surface area (Å²) in [4.78, 5) is 22.4. The fourth-order valence-corrected chi connectivity index (χ4v) is 0.980. The van der Waals surface area contributed by atoms with Crippen molar-refractivity contribution in [1.29, 1.82) is 0 Å². The highest BCUT2D eigenvalue weighted by atomic mass is 16.6. The van der Waals surface area contributed by atoms with E-state index in [-0.39, 0.29) is 35.0 Å². The predicted molar refractivity (Wildman–Crippen MR) is 90.6 cm³/mol. The van der Waals surface area contributed by atoms with Crippen LogP contribution in [0.25, 0.3) is 0 Å². The number of carbonyl (C=O) groups is 2. The third-order valence-electron chi connectivity index (χ3n) is 3.48. The highest BCUT2D eigenvalue weighted by molar-refractivity contribution is 5.75. The molecule has 0 saturated heterocycles. The number of esters is 2. The summed E-state index contributed by atoms with van der Waals surface area (Å²) in [5, 5.41) is 0. The zero-order chi connectivity index (χ0) is 18.1. The molecule has 4 heteroatoms. The summed E-state index contributed by atoms with van der Waals surface area (Å²) in [5.41, 5.74) is -0.633. The van der Waals surface area contributed by atoms with E-state index in [4.69, 9.17) is 9.47 Å². The Morgan fingerprint density at radius 3 is 1.64 bits per heavy atom. The van der Waals surface area contributed by atoms with E-state index in [1.807, 2.05) is 69.2 Å². The van der Waals surface area contributed by atoms with E-state index in [1.165, 1.54) is 0 Å². The lowest BCUT2D eigenvalue weighted by atomic mass is 9.91. The van der Waals surface area contributed by atoms with Crippen LogP contribution in [-0.4, -0.2) is 23.6 Å². The van der Waals surface area contributed by atoms with Gasteiger partial charge in [-0.25, -0.2) is 0 Å². The Hall–Kier alpha value is -1.06. The van der Waals surface area contributed by atoms with Crippen molar-refractivity contribution in [2.45, 2.75) is 93.8 Å². The van der Waals surface area contributed by atoms with Crippen LogP contribution in [0, 0.1) is 11.3 Å². The average molecular weight is 316 g/mol. The molecule has 0 radical (unpaired) electrons. The van der Waals surface area contributed by atoms with E-state index < -0.39 is 0 Å². The average Bonchev–Trinajstić information content (AvgIpc) is 2.38. The molecular formula is C18H36O4. The molecule has 0 aliphatic carbocycles. The van der Waals surface area contributed by atoms with Crippen molar-refractivity contribution >= 4 is 11.9 Å². The maximum Gasteiger partial charge on any atom is 0.311 e. The fourth-order valence-electron chi connectivity index (χ4n) is 0.980. The summed E-state index contributed by atoms with van der Waals surface area (Å²) in [6.07, 6.45) is 1.66. The molecule has 132 valence electrons. The lowest BCUT2D eigenvalue weighted by Crippen LogP contribution is -2.29. The summed E-state index contributed by atoms with van der Waals surface area (Å²) >= 11 is 0. The molecule has 22 heavy (non-hydrogen) atoms. The minimum absolute atomic E-state index is 0.00618. The first kappa shape index (κ1) is 23.2. The summed E-state index contributed by atoms with van der Waals surface area (Å²) in [7, 11) is 0. The fraction of sp³-hybridized carbons (Fsp3) is 0.889. The molecule has 0 N–H and O–H groups in total. The highest BCUT2D eigenvalue weighted by Gasteiger charge is 2.27. The topological polar surface area (TPSA) is 52.6 Å². The van der Waals surface area contributed by atoms with Crippen LogP contribution in [0.3, 0.4) is 0 Å². The van der Waals surface area contributed by atoms with Gasteiger partial charge in [0.15, 0.2) is 0 Å². The smallest absolute Gasteiger partial charge is 0.311 e. The molecule has 0 bridgehead atoms. The summed E-state index contributed by atoms with van der Waals surface area (Å²) in [5.74, 6) is -0.243. The third kappa shape index (κ3) is 10.6. The van der Waals surface area contributed by atoms with Gasteiger partial charge in [-0.1, -0.05) is 27.7 Å². The molecule has 0 amide bonds. The summed E-state index contributed by atoms with van der Waals surface area (Å²) in [6, 6.07) is 0. The second kappa shape index (κ2) is 9.86. The van der Waals surface area contributed by atoms with Crippen molar-refractivity contribution in [3.05, 3.63) is 0 Å². The van der Waals surface area contributed by atoms with Crippen molar-refractivity contribution in [1.82, 2.24) is 0 Å². The molecule has 0 aliphatic rings. The van der Waals surface area contributed by atoms with Crippen molar-refractivity contribution in [3.63, 3.8) is 0 Å². The van der Waals surface area contributed by atoms with Gasteiger partial charge in [-0.2, -0.15) is 0 Å². The summed E-state index contributed by atoms with van der Waals surface area (Å²) in [6.45, 7) is 19.1. The molecular weight excluding hydrogens is 280 g/mol. The van der Waals surface area contributed by atoms with Gasteiger partial charge >= 0.3 is 11.9 Å². The molecule has 4 nitrogen and oxygen atoms in total. The van der Waals surface area contributed by atoms with Crippen LogP contribution >= 0.6 is 0 Å². The van der Waals surface area contributed by atoms with Crippen LogP contribution in [0.15, 0.2) is 0 Å². The van der Waals surface area contributed by atoms with Crippen molar-refractivity contribution in [3.8, 4) is 0 Å². The standard InChI is InChI=1S/2C9H18O2/c1-6-9(4,5)8(10)11-7(2)3;1-6-9(4,5)11-8(10)7(2)3/h2*7H,6H2,1-5H3. The molecule has 0 aromatic carbocycles. The normalized spacial score (nSPS) is 11.8. The lowest BCUT2D eigenvalue weighted by molar-refractivity contribution is -0.160. The zero-order valence-corrected chi connectivity index (χ0v) is 16.2. The molecule has 0 fully saturated rings. The van der Waals surface area contributed by atoms with Gasteiger partial charge in [-0.05, 0) is 54.4 Å². The molecule has 0 spiro atoms. The van der Waals surface area contributed by atoms with Gasteiger partial charge in [0.25, 0.3) is 0 Å². The van der Waals surface area contributed by atoms with Crippen LogP contribution in [-0.2, 0) is 19.1 Å². The third-order valence-corrected chi connectivity index (χ3v) is 3.48. The minimum atomic E-state index is -0.329. The number of ether oxygens (including phenoxy) is 2. The van der Waals surface area contributed by atoms with Gasteiger partial charge in [-0.3, -0.25) is 9.59 Å². The molecule has 0 rings (SSSR count). The van der Waals surface area contributed by atoms with E-state index in [2.05, 4.69) is 0 Å². The van der Waals surface area contributed by atoms with Gasteiger partial charge in [0.05, 0.1) is 17.4 Å². The quantitative estimate of drug-likeness (QED) is 0.664. The Morgan fingerprint density at radius 2 is 1.36 bits per heavy atom. The molecule has 0 heterocycles. The predicted octanol–water partition coefficient (Wildman–Crippen LogP) is 4.75. The molecule has 0 aliphatic heterocycles. The lowest BCUT2D eigenvalue weighted by Gasteiger charge is -2.24. The molecule has 0 aromatic rings. The first-order chi connectivity index (χ1) is 9.79. The van der Waals surface area contributed by atoms with Crippen LogP contribution in [0.2, 0.25) is 0 Å². The first-order valence-corrected chi connectivity index (χ1v) is 8.23. The second-order valence-electron chi connectivity index (χ2n) is 7.38. The van der Waals surface area contributed by atoms with Crippen LogP contribution in [0.1, 0.15) is 82.1 Å². The van der Waals surface area contributed by atoms with Gasteiger partial charge in [0, 0.05) is 0 Å². The van der Waals surface area contributed by atoms with E-state index in [1.54, 1.807) is 0 Å². The van der Waals surface area contributed by atoms with Crippen LogP contribution in [0.5, 0.6) is 0 Å². The molecule has 0 unspecified atom stereocenters. The van der Waals surface area contributed by atoms with Crippen molar-refractivity contribution in [2.24, 2.45) is 11.3 Å². The number of carbonyl (C=O) groups excluding carboxylic acids is 2. The SMILES string of the molecule is CCC(C)(C)C(=O)OC(C)C.CCC(C)(C)OC(=O)C(C)C. The second-order valence-corrected chi connectivity index (χ2v) is 7.38. The van der Waals surface area contributed by atoms with Gasteiger partial charge < -0.3 is 9.47 Å². The Balaban J connectivity index is 0. The number of hydrogen-bond donors (Lipinski definition) is 0. The van der Waals surface area contributed by atoms with E-state index in [9.17, 15) is 9.59 Å². The van der Waals surface area contributed by atoms with E-state index in [0.29, 0.717) is 0 Å². The Labute approximate surface area is 136 Å². The molecule has 0 atom stereocenters. The minimum Gasteiger partial charge on any atom is -0.463 e. The van der Waals surface area contributed by atoms with Gasteiger partial charge in [0.1, 0.15) is 5.60 Å². The van der Waals surface area contributed by atoms with Gasteiger partial charge in [-0.15, -0.1) is 0 Å². The maximum absolute atomic E-state index is 11.3. The van der Waals surface area contributed by atoms with Crippen LogP contribution < -0.4 is 0 Å². The Kier molecular flexibility index (Phi) is 10.4. The van der Waals surface area contributed by atoms with Gasteiger partial charge in [0.2, 0.25) is 0 Å². The zero-order valence-electron chi connectivity index (χ0n) is 16.2. The van der Waals surface area contributed by atoms with Crippen LogP contribution in [0.4, 0.5) is 0 Å². The highest BCUT2D eigenvalue weighted by Crippen LogP contribution is 2.22. The van der Waals surface area contributed by atoms with E-state index >= 15 is 0 Å². The maximum atomic E-state index is 11.3. The van der Waals surface area contributed by atoms with Crippen molar-refractivity contribution < 1.29 is 19.1 Å². The summed E-state index contributed by atoms with van der Waals surface area (Å²) < 4.78 is 10.3. The molecule has 0 aromatic heterocycles. The molecule has 0 saturated carbocycles. The number of rotatable bonds is 6. The largest absolute Gasteiger partial charge is 0.463 e. The number of hydrogen-bond acceptors (Lipinski definition) is 4. The Morgan fingerprint density at radius 1 is 0.909 bits per heavy atom. The van der Waals surface area contributed by atoms with Crippen molar-refractivity contribution in [2.75, 3.05) is 0 Å². The Bertz CT molecular complexity index is 341. The van der Waals surface area contributed by atoms with E-state index in [0.717, 1.165) is 12.8 Å². The first-order valence-electron chi connectivity index (χ1n) is 8.23. The monoisotopic (exact) mass is 316 g/mol.